The second kappa shape index (κ2) is 8.21. The quantitative estimate of drug-likeness (QED) is 0.698. The summed E-state index contributed by atoms with van der Waals surface area (Å²) >= 11 is 0. The molecule has 0 spiro atoms. The van der Waals surface area contributed by atoms with Gasteiger partial charge in [-0.05, 0) is 24.1 Å². The molecule has 0 saturated carbocycles. The Labute approximate surface area is 97.4 Å². The molecule has 0 bridgehead atoms. The maximum absolute atomic E-state index is 5.58. The third-order valence-corrected chi connectivity index (χ3v) is 2.52. The molecule has 90 valence electrons. The molecule has 0 unspecified atom stereocenters. The van der Waals surface area contributed by atoms with Crippen molar-refractivity contribution in [3.63, 3.8) is 0 Å². The molecule has 0 aliphatic carbocycles. The third kappa shape index (κ3) is 5.21. The van der Waals surface area contributed by atoms with Crippen LogP contribution in [0.15, 0.2) is 24.5 Å². The van der Waals surface area contributed by atoms with Gasteiger partial charge in [0.2, 0.25) is 0 Å². The maximum Gasteiger partial charge on any atom is 0.0589 e. The van der Waals surface area contributed by atoms with Crippen LogP contribution in [0.4, 0.5) is 0 Å². The van der Waals surface area contributed by atoms with Crippen LogP contribution in [0.5, 0.6) is 0 Å². The van der Waals surface area contributed by atoms with Crippen LogP contribution in [0, 0.1) is 0 Å². The van der Waals surface area contributed by atoms with E-state index in [4.69, 9.17) is 10.5 Å². The Morgan fingerprint density at radius 1 is 1.25 bits per heavy atom. The molecule has 1 heterocycles. The number of hydrogen-bond acceptors (Lipinski definition) is 4. The van der Waals surface area contributed by atoms with Gasteiger partial charge in [-0.2, -0.15) is 0 Å². The van der Waals surface area contributed by atoms with Gasteiger partial charge in [0.1, 0.15) is 0 Å². The van der Waals surface area contributed by atoms with E-state index in [1.807, 2.05) is 12.4 Å². The Kier molecular flexibility index (Phi) is 6.72. The van der Waals surface area contributed by atoms with Crippen molar-refractivity contribution in [1.82, 2.24) is 9.88 Å². The highest BCUT2D eigenvalue weighted by Crippen LogP contribution is 1.99. The lowest BCUT2D eigenvalue weighted by molar-refractivity contribution is 0.150. The van der Waals surface area contributed by atoms with Gasteiger partial charge in [0.25, 0.3) is 0 Å². The van der Waals surface area contributed by atoms with Gasteiger partial charge < -0.3 is 10.5 Å². The third-order valence-electron chi connectivity index (χ3n) is 2.52. The first-order valence-corrected chi connectivity index (χ1v) is 5.67. The summed E-state index contributed by atoms with van der Waals surface area (Å²) in [6.45, 7) is 4.34. The summed E-state index contributed by atoms with van der Waals surface area (Å²) in [5, 5.41) is 0. The smallest absolute Gasteiger partial charge is 0.0589 e. The number of ether oxygens (including phenoxy) is 1. The zero-order chi connectivity index (χ0) is 11.6. The van der Waals surface area contributed by atoms with E-state index in [2.05, 4.69) is 22.0 Å². The standard InChI is InChI=1S/C12H21N3O/c1-16-11-10-15(9-5-13)8-4-12-2-6-14-7-3-12/h2-3,6-7H,4-5,8-11,13H2,1H3. The van der Waals surface area contributed by atoms with Crippen LogP contribution in [-0.2, 0) is 11.2 Å². The molecule has 0 aliphatic heterocycles. The molecule has 0 radical (unpaired) electrons. The molecule has 4 nitrogen and oxygen atoms in total. The summed E-state index contributed by atoms with van der Waals surface area (Å²) in [6.07, 6.45) is 4.70. The Balaban J connectivity index is 2.31. The van der Waals surface area contributed by atoms with Crippen molar-refractivity contribution < 1.29 is 4.74 Å². The largest absolute Gasteiger partial charge is 0.383 e. The molecule has 0 amide bonds. The maximum atomic E-state index is 5.58. The van der Waals surface area contributed by atoms with Crippen molar-refractivity contribution >= 4 is 0 Å². The molecular weight excluding hydrogens is 202 g/mol. The van der Waals surface area contributed by atoms with Crippen molar-refractivity contribution in [2.45, 2.75) is 6.42 Å². The summed E-state index contributed by atoms with van der Waals surface area (Å²) in [4.78, 5) is 6.33. The normalized spacial score (nSPS) is 10.9. The summed E-state index contributed by atoms with van der Waals surface area (Å²) < 4.78 is 5.08. The van der Waals surface area contributed by atoms with Crippen molar-refractivity contribution in [3.8, 4) is 0 Å². The molecule has 2 N–H and O–H groups in total. The molecule has 0 fully saturated rings. The average Bonchev–Trinajstić information content (AvgIpc) is 2.34. The zero-order valence-electron chi connectivity index (χ0n) is 9.93. The van der Waals surface area contributed by atoms with Crippen molar-refractivity contribution in [3.05, 3.63) is 30.1 Å². The van der Waals surface area contributed by atoms with Gasteiger partial charge in [-0.1, -0.05) is 0 Å². The van der Waals surface area contributed by atoms with Crippen LogP contribution < -0.4 is 5.73 Å². The first-order chi connectivity index (χ1) is 7.86. The van der Waals surface area contributed by atoms with E-state index in [1.54, 1.807) is 7.11 Å². The van der Waals surface area contributed by atoms with Gasteiger partial charge in [-0.3, -0.25) is 9.88 Å². The van der Waals surface area contributed by atoms with Crippen LogP contribution in [-0.4, -0.2) is 49.8 Å². The Bertz CT molecular complexity index is 266. The van der Waals surface area contributed by atoms with Crippen molar-refractivity contribution in [2.24, 2.45) is 5.73 Å². The first kappa shape index (κ1) is 13.1. The van der Waals surface area contributed by atoms with E-state index in [1.165, 1.54) is 5.56 Å². The highest BCUT2D eigenvalue weighted by molar-refractivity contribution is 5.09. The number of nitrogens with zero attached hydrogens (tertiary/aromatic N) is 2. The molecule has 0 saturated heterocycles. The van der Waals surface area contributed by atoms with Crippen molar-refractivity contribution in [2.75, 3.05) is 39.9 Å². The number of rotatable bonds is 8. The fourth-order valence-corrected chi connectivity index (χ4v) is 1.58. The minimum atomic E-state index is 0.695. The Hall–Kier alpha value is -0.970. The van der Waals surface area contributed by atoms with Gasteiger partial charge in [0.05, 0.1) is 6.61 Å². The molecule has 4 heteroatoms. The molecule has 0 aliphatic rings. The SMILES string of the molecule is COCCN(CCN)CCc1ccncc1. The Morgan fingerprint density at radius 2 is 2.00 bits per heavy atom. The second-order valence-electron chi connectivity index (χ2n) is 3.73. The van der Waals surface area contributed by atoms with Crippen LogP contribution in [0.2, 0.25) is 0 Å². The van der Waals surface area contributed by atoms with E-state index in [-0.39, 0.29) is 0 Å². The summed E-state index contributed by atoms with van der Waals surface area (Å²) in [6, 6.07) is 4.11. The number of aromatic nitrogens is 1. The zero-order valence-corrected chi connectivity index (χ0v) is 9.93. The van der Waals surface area contributed by atoms with Crippen LogP contribution >= 0.6 is 0 Å². The molecule has 0 aromatic carbocycles. The number of hydrogen-bond donors (Lipinski definition) is 1. The van der Waals surface area contributed by atoms with Crippen LogP contribution in [0.1, 0.15) is 5.56 Å². The fourth-order valence-electron chi connectivity index (χ4n) is 1.58. The number of nitrogens with two attached hydrogens (primary N) is 1. The topological polar surface area (TPSA) is 51.4 Å². The lowest BCUT2D eigenvalue weighted by Crippen LogP contribution is -2.34. The molecule has 1 aromatic heterocycles. The average molecular weight is 223 g/mol. The lowest BCUT2D eigenvalue weighted by atomic mass is 10.2. The van der Waals surface area contributed by atoms with E-state index in [0.29, 0.717) is 6.54 Å². The molecule has 0 atom stereocenters. The lowest BCUT2D eigenvalue weighted by Gasteiger charge is -2.20. The molecule has 1 aromatic rings. The van der Waals surface area contributed by atoms with Gasteiger partial charge in [0.15, 0.2) is 0 Å². The molecule has 1 rings (SSSR count). The molecule has 16 heavy (non-hydrogen) atoms. The summed E-state index contributed by atoms with van der Waals surface area (Å²) in [7, 11) is 1.73. The minimum absolute atomic E-state index is 0.695. The Morgan fingerprint density at radius 3 is 2.62 bits per heavy atom. The summed E-state index contributed by atoms with van der Waals surface area (Å²) in [5.41, 5.74) is 6.89. The highest BCUT2D eigenvalue weighted by Gasteiger charge is 2.03. The van der Waals surface area contributed by atoms with Gasteiger partial charge in [-0.15, -0.1) is 0 Å². The predicted molar refractivity (Wildman–Crippen MR) is 65.3 cm³/mol. The molecular formula is C12H21N3O. The van der Waals surface area contributed by atoms with Crippen LogP contribution in [0.25, 0.3) is 0 Å². The number of methoxy groups -OCH3 is 1. The van der Waals surface area contributed by atoms with Crippen molar-refractivity contribution in [1.29, 1.82) is 0 Å². The predicted octanol–water partition coefficient (Wildman–Crippen LogP) is 0.531. The summed E-state index contributed by atoms with van der Waals surface area (Å²) in [5.74, 6) is 0. The van der Waals surface area contributed by atoms with E-state index < -0.39 is 0 Å². The van der Waals surface area contributed by atoms with Gasteiger partial charge in [0, 0.05) is 45.7 Å². The van der Waals surface area contributed by atoms with Gasteiger partial charge in [-0.25, -0.2) is 0 Å². The first-order valence-electron chi connectivity index (χ1n) is 5.67. The number of pyridine rings is 1. The van der Waals surface area contributed by atoms with Gasteiger partial charge >= 0.3 is 0 Å². The highest BCUT2D eigenvalue weighted by atomic mass is 16.5. The van der Waals surface area contributed by atoms with E-state index >= 15 is 0 Å². The van der Waals surface area contributed by atoms with E-state index in [0.717, 1.165) is 32.7 Å². The van der Waals surface area contributed by atoms with E-state index in [9.17, 15) is 0 Å². The second-order valence-corrected chi connectivity index (χ2v) is 3.73. The minimum Gasteiger partial charge on any atom is -0.383 e. The fraction of sp³-hybridized carbons (Fsp3) is 0.583. The van der Waals surface area contributed by atoms with Crippen LogP contribution in [0.3, 0.4) is 0 Å². The monoisotopic (exact) mass is 223 g/mol.